The number of halogens is 1. The van der Waals surface area contributed by atoms with Crippen molar-refractivity contribution in [1.82, 2.24) is 9.55 Å². The fourth-order valence-electron chi connectivity index (χ4n) is 5.77. The normalized spacial score (nSPS) is 14.8. The first-order chi connectivity index (χ1) is 21.1. The molecule has 43 heavy (non-hydrogen) atoms. The van der Waals surface area contributed by atoms with E-state index in [2.05, 4.69) is 27.7 Å². The van der Waals surface area contributed by atoms with Crippen LogP contribution in [0.3, 0.4) is 0 Å². The summed E-state index contributed by atoms with van der Waals surface area (Å²) >= 11 is 0. The van der Waals surface area contributed by atoms with Crippen LogP contribution in [0.4, 0.5) is 10.1 Å². The summed E-state index contributed by atoms with van der Waals surface area (Å²) in [5.74, 6) is 0.645. The van der Waals surface area contributed by atoms with Crippen LogP contribution in [0.1, 0.15) is 29.2 Å². The highest BCUT2D eigenvalue weighted by atomic mass is 19.1. The average Bonchev–Trinajstić information content (AvgIpc) is 3.32. The second-order valence-corrected chi connectivity index (χ2v) is 11.1. The molecule has 2 aliphatic heterocycles. The highest BCUT2D eigenvalue weighted by molar-refractivity contribution is 5.86. The van der Waals surface area contributed by atoms with Crippen molar-refractivity contribution < 1.29 is 23.3 Å². The number of ether oxygens (including phenoxy) is 4. The van der Waals surface area contributed by atoms with Crippen LogP contribution in [0.5, 0.6) is 17.2 Å². The van der Waals surface area contributed by atoms with Crippen molar-refractivity contribution in [3.63, 3.8) is 0 Å². The molecule has 1 aromatic heterocycles. The van der Waals surface area contributed by atoms with Gasteiger partial charge in [0.25, 0.3) is 0 Å². The maximum absolute atomic E-state index is 17.0. The fourth-order valence-corrected chi connectivity index (χ4v) is 5.77. The predicted octanol–water partition coefficient (Wildman–Crippen LogP) is 7.10. The molecule has 2 saturated heterocycles. The van der Waals surface area contributed by atoms with Crippen LogP contribution in [-0.4, -0.2) is 43.0 Å². The Labute approximate surface area is 250 Å². The lowest BCUT2D eigenvalue weighted by Gasteiger charge is -2.33. The van der Waals surface area contributed by atoms with Crippen molar-refractivity contribution in [2.24, 2.45) is 0 Å². The van der Waals surface area contributed by atoms with Gasteiger partial charge in [0.15, 0.2) is 11.6 Å². The van der Waals surface area contributed by atoms with Gasteiger partial charge in [-0.25, -0.2) is 9.37 Å². The van der Waals surface area contributed by atoms with Gasteiger partial charge >= 0.3 is 0 Å². The summed E-state index contributed by atoms with van der Waals surface area (Å²) in [6.07, 6.45) is 1.19. The van der Waals surface area contributed by atoms with Gasteiger partial charge in [-0.15, -0.1) is 0 Å². The van der Waals surface area contributed by atoms with Crippen LogP contribution in [0.15, 0.2) is 78.9 Å². The van der Waals surface area contributed by atoms with Crippen molar-refractivity contribution in [3.8, 4) is 28.6 Å². The molecule has 0 bridgehead atoms. The minimum atomic E-state index is -0.531. The highest BCUT2D eigenvalue weighted by Crippen LogP contribution is 2.49. The molecule has 7 rings (SSSR count). The molecular formula is C35H34FN3O4. The van der Waals surface area contributed by atoms with Gasteiger partial charge in [-0.2, -0.15) is 0 Å². The van der Waals surface area contributed by atoms with E-state index in [0.29, 0.717) is 35.9 Å². The Morgan fingerprint density at radius 1 is 0.860 bits per heavy atom. The Morgan fingerprint density at radius 3 is 2.07 bits per heavy atom. The van der Waals surface area contributed by atoms with Crippen LogP contribution in [0.2, 0.25) is 0 Å². The van der Waals surface area contributed by atoms with Gasteiger partial charge in [0, 0.05) is 24.3 Å². The molecule has 0 unspecified atom stereocenters. The topological polar surface area (TPSA) is 58.0 Å². The Bertz CT molecular complexity index is 1750. The lowest BCUT2D eigenvalue weighted by atomic mass is 10.0. The molecular weight excluding hydrogens is 545 g/mol. The zero-order chi connectivity index (χ0) is 29.3. The lowest BCUT2D eigenvalue weighted by Crippen LogP contribution is -2.36. The van der Waals surface area contributed by atoms with Crippen LogP contribution in [-0.2, 0) is 18.0 Å². The molecule has 2 aliphatic rings. The van der Waals surface area contributed by atoms with E-state index in [0.717, 1.165) is 40.9 Å². The number of imidazole rings is 1. The van der Waals surface area contributed by atoms with Gasteiger partial charge in [0.05, 0.1) is 43.0 Å². The van der Waals surface area contributed by atoms with E-state index in [-0.39, 0.29) is 30.8 Å². The molecule has 4 aromatic carbocycles. The molecule has 0 spiro atoms. The molecule has 8 heteroatoms. The van der Waals surface area contributed by atoms with Gasteiger partial charge in [-0.3, -0.25) is 0 Å². The summed E-state index contributed by atoms with van der Waals surface area (Å²) in [7, 11) is 1.57. The predicted molar refractivity (Wildman–Crippen MR) is 165 cm³/mol. The number of hydrogen-bond donors (Lipinski definition) is 0. The average molecular weight is 580 g/mol. The summed E-state index contributed by atoms with van der Waals surface area (Å²) in [6, 6.07) is 25.8. The van der Waals surface area contributed by atoms with Crippen LogP contribution in [0, 0.1) is 12.7 Å². The Balaban J connectivity index is 1.38. The summed E-state index contributed by atoms with van der Waals surface area (Å²) < 4.78 is 43.2. The molecule has 7 nitrogen and oxygen atoms in total. The molecule has 2 fully saturated rings. The first-order valence-corrected chi connectivity index (χ1v) is 14.7. The van der Waals surface area contributed by atoms with Crippen molar-refractivity contribution in [1.29, 1.82) is 0 Å². The van der Waals surface area contributed by atoms with E-state index in [9.17, 15) is 0 Å². The second-order valence-electron chi connectivity index (χ2n) is 11.1. The number of methoxy groups -OCH3 is 1. The van der Waals surface area contributed by atoms with E-state index >= 15 is 4.39 Å². The van der Waals surface area contributed by atoms with E-state index in [1.165, 1.54) is 6.42 Å². The summed E-state index contributed by atoms with van der Waals surface area (Å²) in [6.45, 7) is 5.39. The summed E-state index contributed by atoms with van der Waals surface area (Å²) in [4.78, 5) is 7.38. The van der Waals surface area contributed by atoms with Crippen LogP contribution < -0.4 is 19.1 Å². The van der Waals surface area contributed by atoms with Gasteiger partial charge in [0.2, 0.25) is 11.5 Å². The van der Waals surface area contributed by atoms with Gasteiger partial charge in [-0.05, 0) is 42.7 Å². The molecule has 0 aliphatic carbocycles. The summed E-state index contributed by atoms with van der Waals surface area (Å²) in [5, 5.41) is 0. The van der Waals surface area contributed by atoms with Gasteiger partial charge < -0.3 is 28.4 Å². The monoisotopic (exact) mass is 579 g/mol. The second kappa shape index (κ2) is 11.6. The first-order valence-electron chi connectivity index (χ1n) is 14.7. The first kappa shape index (κ1) is 27.3. The zero-order valence-corrected chi connectivity index (χ0v) is 24.4. The van der Waals surface area contributed by atoms with Crippen molar-refractivity contribution in [2.45, 2.75) is 32.6 Å². The van der Waals surface area contributed by atoms with Crippen LogP contribution in [0.25, 0.3) is 22.4 Å². The number of rotatable bonds is 10. The minimum Gasteiger partial charge on any atom is -0.492 e. The fraction of sp³-hybridized carbons (Fsp3) is 0.286. The largest absolute Gasteiger partial charge is 0.492 e. The maximum atomic E-state index is 17.0. The third kappa shape index (κ3) is 5.06. The lowest BCUT2D eigenvalue weighted by molar-refractivity contribution is -0.0209. The standard InChI is InChI=1S/C35H34FN3O4/c1-23-30(35-37-28-18-26(38-16-9-17-38)14-15-29(28)39(35)27-21-41-22-27)31(36)33(42-19-24-10-5-3-6-11-24)34(32(23)40-2)43-20-25-12-7-4-8-13-25/h3-8,10-15,18,27H,9,16-17,19-22H2,1-2H3. The Morgan fingerprint density at radius 2 is 1.51 bits per heavy atom. The van der Waals surface area contributed by atoms with Crippen molar-refractivity contribution in [3.05, 3.63) is 101 Å². The maximum Gasteiger partial charge on any atom is 0.207 e. The van der Waals surface area contributed by atoms with E-state index in [1.807, 2.05) is 67.6 Å². The zero-order valence-electron chi connectivity index (χ0n) is 24.4. The minimum absolute atomic E-state index is 0.00182. The SMILES string of the molecule is COc1c(C)c(-c2nc3cc(N4CCC4)ccc3n2C2COC2)c(F)c(OCc2ccccc2)c1OCc1ccccc1. The van der Waals surface area contributed by atoms with Crippen molar-refractivity contribution >= 4 is 16.7 Å². The number of anilines is 1. The Hall–Kier alpha value is -4.56. The van der Waals surface area contributed by atoms with E-state index in [1.54, 1.807) is 7.11 Å². The number of nitrogens with zero attached hydrogens (tertiary/aromatic N) is 3. The summed E-state index contributed by atoms with van der Waals surface area (Å²) in [5.41, 5.74) is 5.68. The van der Waals surface area contributed by atoms with E-state index in [4.69, 9.17) is 23.9 Å². The molecule has 0 atom stereocenters. The molecule has 3 heterocycles. The third-order valence-corrected chi connectivity index (χ3v) is 8.31. The van der Waals surface area contributed by atoms with E-state index < -0.39 is 5.82 Å². The molecule has 0 amide bonds. The number of hydrogen-bond acceptors (Lipinski definition) is 6. The van der Waals surface area contributed by atoms with Crippen molar-refractivity contribution in [2.75, 3.05) is 38.3 Å². The number of aromatic nitrogens is 2. The van der Waals surface area contributed by atoms with Gasteiger partial charge in [-0.1, -0.05) is 60.7 Å². The Kier molecular flexibility index (Phi) is 7.37. The third-order valence-electron chi connectivity index (χ3n) is 8.31. The molecule has 220 valence electrons. The molecule has 5 aromatic rings. The number of fused-ring (bicyclic) bond motifs is 1. The molecule has 0 N–H and O–H groups in total. The smallest absolute Gasteiger partial charge is 0.207 e. The molecule has 0 radical (unpaired) electrons. The van der Waals surface area contributed by atoms with Gasteiger partial charge in [0.1, 0.15) is 19.0 Å². The quantitative estimate of drug-likeness (QED) is 0.176. The van der Waals surface area contributed by atoms with Crippen LogP contribution >= 0.6 is 0 Å². The number of benzene rings is 4. The molecule has 0 saturated carbocycles. The highest BCUT2D eigenvalue weighted by Gasteiger charge is 2.33.